The molecule has 1 aliphatic rings. The van der Waals surface area contributed by atoms with Crippen molar-refractivity contribution >= 4 is 0 Å². The van der Waals surface area contributed by atoms with Gasteiger partial charge < -0.3 is 14.2 Å². The second-order valence-electron chi connectivity index (χ2n) is 6.30. The summed E-state index contributed by atoms with van der Waals surface area (Å²) in [5, 5.41) is 0. The number of rotatable bonds is 5. The molecule has 128 valence electrons. The molecule has 0 bridgehead atoms. The van der Waals surface area contributed by atoms with E-state index in [1.165, 1.54) is 16.7 Å². The summed E-state index contributed by atoms with van der Waals surface area (Å²) in [7, 11) is 7.26. The van der Waals surface area contributed by atoms with E-state index in [-0.39, 0.29) is 0 Å². The van der Waals surface area contributed by atoms with Crippen molar-refractivity contribution in [2.45, 2.75) is 25.4 Å². The first kappa shape index (κ1) is 16.7. The molecule has 0 saturated carbocycles. The average Bonchev–Trinajstić information content (AvgIpc) is 2.62. The van der Waals surface area contributed by atoms with Gasteiger partial charge in [0.1, 0.15) is 5.75 Å². The molecule has 2 aromatic carbocycles. The number of hydrogen-bond donors (Lipinski definition) is 0. The SMILES string of the molecule is COc1ccc(C[C@@H]2Cc3cc(OC)c(OC)cc3CN2C)cc1. The Hall–Kier alpha value is -2.20. The number of ether oxygens (including phenoxy) is 3. The number of methoxy groups -OCH3 is 3. The van der Waals surface area contributed by atoms with Gasteiger partial charge in [0.25, 0.3) is 0 Å². The van der Waals surface area contributed by atoms with Crippen LogP contribution in [-0.4, -0.2) is 39.3 Å². The molecule has 1 atom stereocenters. The van der Waals surface area contributed by atoms with E-state index < -0.39 is 0 Å². The summed E-state index contributed by atoms with van der Waals surface area (Å²) in [4.78, 5) is 2.42. The molecule has 3 rings (SSSR count). The molecule has 4 heteroatoms. The first-order valence-corrected chi connectivity index (χ1v) is 8.21. The standard InChI is InChI=1S/C20H25NO3/c1-21-13-16-12-20(24-4)19(23-3)11-15(16)10-17(21)9-14-5-7-18(22-2)8-6-14/h5-8,11-12,17H,9-10,13H2,1-4H3/t17-/m1/s1. The Balaban J connectivity index is 1.80. The summed E-state index contributed by atoms with van der Waals surface area (Å²) in [6, 6.07) is 13.1. The molecule has 0 aliphatic carbocycles. The van der Waals surface area contributed by atoms with E-state index in [0.717, 1.165) is 36.6 Å². The first-order valence-electron chi connectivity index (χ1n) is 8.21. The molecular weight excluding hydrogens is 302 g/mol. The van der Waals surface area contributed by atoms with Crippen molar-refractivity contribution in [1.82, 2.24) is 4.90 Å². The van der Waals surface area contributed by atoms with Gasteiger partial charge >= 0.3 is 0 Å². The maximum atomic E-state index is 5.46. The van der Waals surface area contributed by atoms with Gasteiger partial charge in [-0.2, -0.15) is 0 Å². The topological polar surface area (TPSA) is 30.9 Å². The number of fused-ring (bicyclic) bond motifs is 1. The van der Waals surface area contributed by atoms with Crippen molar-refractivity contribution in [3.8, 4) is 17.2 Å². The van der Waals surface area contributed by atoms with Crippen LogP contribution in [-0.2, 0) is 19.4 Å². The number of likely N-dealkylation sites (N-methyl/N-ethyl adjacent to an activating group) is 1. The lowest BCUT2D eigenvalue weighted by molar-refractivity contribution is 0.213. The van der Waals surface area contributed by atoms with Gasteiger partial charge in [-0.1, -0.05) is 12.1 Å². The quantitative estimate of drug-likeness (QED) is 0.843. The second kappa shape index (κ2) is 7.14. The lowest BCUT2D eigenvalue weighted by Crippen LogP contribution is -2.39. The summed E-state index contributed by atoms with van der Waals surface area (Å²) in [5.41, 5.74) is 4.00. The van der Waals surface area contributed by atoms with E-state index in [0.29, 0.717) is 6.04 Å². The van der Waals surface area contributed by atoms with Gasteiger partial charge in [0.05, 0.1) is 21.3 Å². The molecule has 0 fully saturated rings. The highest BCUT2D eigenvalue weighted by atomic mass is 16.5. The number of benzene rings is 2. The molecule has 0 spiro atoms. The molecule has 0 amide bonds. The third kappa shape index (κ3) is 3.34. The largest absolute Gasteiger partial charge is 0.497 e. The maximum Gasteiger partial charge on any atom is 0.161 e. The molecule has 0 N–H and O–H groups in total. The third-order valence-corrected chi connectivity index (χ3v) is 4.83. The fraction of sp³-hybridized carbons (Fsp3) is 0.400. The lowest BCUT2D eigenvalue weighted by Gasteiger charge is -2.34. The Labute approximate surface area is 144 Å². The van der Waals surface area contributed by atoms with E-state index >= 15 is 0 Å². The highest BCUT2D eigenvalue weighted by Gasteiger charge is 2.25. The van der Waals surface area contributed by atoms with Crippen LogP contribution < -0.4 is 14.2 Å². The predicted molar refractivity (Wildman–Crippen MR) is 95.2 cm³/mol. The van der Waals surface area contributed by atoms with Gasteiger partial charge in [0.15, 0.2) is 11.5 Å². The predicted octanol–water partition coefficient (Wildman–Crippen LogP) is 3.31. The minimum Gasteiger partial charge on any atom is -0.497 e. The smallest absolute Gasteiger partial charge is 0.161 e. The molecule has 2 aromatic rings. The normalized spacial score (nSPS) is 17.2. The van der Waals surface area contributed by atoms with E-state index in [2.05, 4.69) is 36.2 Å². The van der Waals surface area contributed by atoms with Crippen molar-refractivity contribution in [3.05, 3.63) is 53.1 Å². The van der Waals surface area contributed by atoms with Gasteiger partial charge in [0.2, 0.25) is 0 Å². The molecule has 0 radical (unpaired) electrons. The summed E-state index contributed by atoms with van der Waals surface area (Å²) in [6.45, 7) is 0.927. The summed E-state index contributed by atoms with van der Waals surface area (Å²) in [6.07, 6.45) is 2.03. The van der Waals surface area contributed by atoms with Crippen molar-refractivity contribution in [2.75, 3.05) is 28.4 Å². The first-order chi connectivity index (χ1) is 11.6. The Morgan fingerprint density at radius 3 is 2.12 bits per heavy atom. The van der Waals surface area contributed by atoms with Crippen LogP contribution in [0.2, 0.25) is 0 Å². The fourth-order valence-corrected chi connectivity index (χ4v) is 3.37. The van der Waals surface area contributed by atoms with Gasteiger partial charge in [-0.3, -0.25) is 4.90 Å². The zero-order valence-corrected chi connectivity index (χ0v) is 14.8. The lowest BCUT2D eigenvalue weighted by atomic mass is 9.90. The number of nitrogens with zero attached hydrogens (tertiary/aromatic N) is 1. The second-order valence-corrected chi connectivity index (χ2v) is 6.30. The van der Waals surface area contributed by atoms with E-state index in [1.54, 1.807) is 21.3 Å². The van der Waals surface area contributed by atoms with Gasteiger partial charge in [-0.05, 0) is 60.8 Å². The molecular formula is C20H25NO3. The van der Waals surface area contributed by atoms with Crippen molar-refractivity contribution in [3.63, 3.8) is 0 Å². The van der Waals surface area contributed by atoms with Crippen LogP contribution in [0.5, 0.6) is 17.2 Å². The third-order valence-electron chi connectivity index (χ3n) is 4.83. The minimum absolute atomic E-state index is 0.476. The summed E-state index contributed by atoms with van der Waals surface area (Å²) in [5.74, 6) is 2.51. The van der Waals surface area contributed by atoms with Crippen molar-refractivity contribution < 1.29 is 14.2 Å². The van der Waals surface area contributed by atoms with Crippen LogP contribution in [0, 0.1) is 0 Å². The van der Waals surface area contributed by atoms with Crippen LogP contribution >= 0.6 is 0 Å². The maximum absolute atomic E-state index is 5.46. The molecule has 4 nitrogen and oxygen atoms in total. The summed E-state index contributed by atoms with van der Waals surface area (Å²) >= 11 is 0. The zero-order valence-electron chi connectivity index (χ0n) is 14.8. The molecule has 0 aromatic heterocycles. The van der Waals surface area contributed by atoms with E-state index in [1.807, 2.05) is 12.1 Å². The summed E-state index contributed by atoms with van der Waals surface area (Å²) < 4.78 is 16.1. The zero-order chi connectivity index (χ0) is 17.1. The van der Waals surface area contributed by atoms with Crippen molar-refractivity contribution in [1.29, 1.82) is 0 Å². The molecule has 0 unspecified atom stereocenters. The van der Waals surface area contributed by atoms with Crippen molar-refractivity contribution in [2.24, 2.45) is 0 Å². The minimum atomic E-state index is 0.476. The van der Waals surface area contributed by atoms with Gasteiger partial charge in [0, 0.05) is 12.6 Å². The Kier molecular flexibility index (Phi) is 4.95. The highest BCUT2D eigenvalue weighted by Crippen LogP contribution is 2.34. The molecule has 0 saturated heterocycles. The molecule has 24 heavy (non-hydrogen) atoms. The Morgan fingerprint density at radius 1 is 0.917 bits per heavy atom. The highest BCUT2D eigenvalue weighted by molar-refractivity contribution is 5.48. The fourth-order valence-electron chi connectivity index (χ4n) is 3.37. The van der Waals surface area contributed by atoms with Crippen LogP contribution in [0.15, 0.2) is 36.4 Å². The molecule has 1 heterocycles. The van der Waals surface area contributed by atoms with Crippen LogP contribution in [0.25, 0.3) is 0 Å². The van der Waals surface area contributed by atoms with Crippen LogP contribution in [0.1, 0.15) is 16.7 Å². The van der Waals surface area contributed by atoms with E-state index in [9.17, 15) is 0 Å². The Bertz CT molecular complexity index is 697. The number of hydrogen-bond acceptors (Lipinski definition) is 4. The Morgan fingerprint density at radius 2 is 1.54 bits per heavy atom. The van der Waals surface area contributed by atoms with Gasteiger partial charge in [-0.25, -0.2) is 0 Å². The molecule has 1 aliphatic heterocycles. The average molecular weight is 327 g/mol. The van der Waals surface area contributed by atoms with Crippen LogP contribution in [0.4, 0.5) is 0 Å². The van der Waals surface area contributed by atoms with E-state index in [4.69, 9.17) is 14.2 Å². The van der Waals surface area contributed by atoms with Gasteiger partial charge in [-0.15, -0.1) is 0 Å². The monoisotopic (exact) mass is 327 g/mol. The van der Waals surface area contributed by atoms with Crippen LogP contribution in [0.3, 0.4) is 0 Å².